The van der Waals surface area contributed by atoms with Crippen molar-refractivity contribution in [2.24, 2.45) is 0 Å². The van der Waals surface area contributed by atoms with Gasteiger partial charge in [0.15, 0.2) is 5.69 Å². The molecule has 0 fully saturated rings. The van der Waals surface area contributed by atoms with Crippen molar-refractivity contribution in [2.75, 3.05) is 0 Å². The molecule has 8 nitrogen and oxygen atoms in total. The number of aryl methyl sites for hydroxylation is 1. The molecule has 27 heavy (non-hydrogen) atoms. The largest absolute Gasteiger partial charge is 0.434 e. The number of hydrogen-bond donors (Lipinski definition) is 1. The van der Waals surface area contributed by atoms with Crippen LogP contribution in [0.4, 0.5) is 13.2 Å². The molecule has 3 aromatic heterocycles. The maximum absolute atomic E-state index is 12.8. The molecule has 1 unspecified atom stereocenters. The lowest BCUT2D eigenvalue weighted by atomic mass is 10.1. The molecule has 0 aliphatic carbocycles. The lowest BCUT2D eigenvalue weighted by Gasteiger charge is -2.24. The zero-order valence-electron chi connectivity index (χ0n) is 13.9. The first-order valence-corrected chi connectivity index (χ1v) is 8.16. The van der Waals surface area contributed by atoms with E-state index in [4.69, 9.17) is 0 Å². The number of alkyl halides is 3. The average Bonchev–Trinajstić information content (AvgIpc) is 3.31. The third-order valence-electron chi connectivity index (χ3n) is 4.29. The summed E-state index contributed by atoms with van der Waals surface area (Å²) < 4.78 is 41.3. The third-order valence-corrected chi connectivity index (χ3v) is 4.29. The number of hydrogen-bond acceptors (Lipinski definition) is 5. The molecule has 3 aromatic rings. The number of fused-ring (bicyclic) bond motifs is 1. The normalized spacial score (nSPS) is 16.8. The summed E-state index contributed by atoms with van der Waals surface area (Å²) in [5, 5.41) is 10.4. The van der Waals surface area contributed by atoms with Crippen molar-refractivity contribution in [1.29, 1.82) is 0 Å². The van der Waals surface area contributed by atoms with Gasteiger partial charge in [-0.05, 0) is 12.5 Å². The number of halogens is 3. The molecule has 0 radical (unpaired) electrons. The molecule has 1 N–H and O–H groups in total. The van der Waals surface area contributed by atoms with Crippen LogP contribution in [0, 0.1) is 0 Å². The zero-order chi connectivity index (χ0) is 19.0. The molecule has 0 spiro atoms. The van der Waals surface area contributed by atoms with Gasteiger partial charge in [-0.1, -0.05) is 5.21 Å². The Morgan fingerprint density at radius 3 is 2.89 bits per heavy atom. The topological polar surface area (TPSA) is 90.5 Å². The highest BCUT2D eigenvalue weighted by atomic mass is 19.4. The summed E-state index contributed by atoms with van der Waals surface area (Å²) in [6.45, 7) is 0.236. The quantitative estimate of drug-likeness (QED) is 0.749. The molecule has 0 saturated carbocycles. The Hall–Kier alpha value is -3.24. The molecule has 140 valence electrons. The Labute approximate surface area is 151 Å². The summed E-state index contributed by atoms with van der Waals surface area (Å²) in [5.74, 6) is 0.0248. The molecule has 4 rings (SSSR count). The lowest BCUT2D eigenvalue weighted by Crippen LogP contribution is -2.41. The molecule has 1 aliphatic rings. The van der Waals surface area contributed by atoms with Crippen LogP contribution in [-0.4, -0.2) is 41.5 Å². The predicted octanol–water partition coefficient (Wildman–Crippen LogP) is 1.62. The van der Waals surface area contributed by atoms with Gasteiger partial charge in [-0.25, -0.2) is 9.67 Å². The second-order valence-electron chi connectivity index (χ2n) is 6.18. The lowest BCUT2D eigenvalue weighted by molar-refractivity contribution is -0.141. The van der Waals surface area contributed by atoms with Gasteiger partial charge in [0.1, 0.15) is 5.82 Å². The molecule has 1 aliphatic heterocycles. The summed E-state index contributed by atoms with van der Waals surface area (Å²) >= 11 is 0. The van der Waals surface area contributed by atoms with E-state index in [9.17, 15) is 18.0 Å². The van der Waals surface area contributed by atoms with Crippen LogP contribution in [0.1, 0.15) is 28.3 Å². The number of rotatable bonds is 3. The third kappa shape index (κ3) is 3.52. The van der Waals surface area contributed by atoms with E-state index in [1.807, 2.05) is 0 Å². The van der Waals surface area contributed by atoms with Gasteiger partial charge in [0.2, 0.25) is 0 Å². The van der Waals surface area contributed by atoms with E-state index in [2.05, 4.69) is 25.6 Å². The van der Waals surface area contributed by atoms with E-state index in [1.165, 1.54) is 21.6 Å². The van der Waals surface area contributed by atoms with Crippen LogP contribution >= 0.6 is 0 Å². The number of nitrogens with zero attached hydrogens (tertiary/aromatic N) is 6. The van der Waals surface area contributed by atoms with E-state index in [0.717, 1.165) is 6.20 Å². The number of nitrogens with one attached hydrogen (secondary N) is 1. The van der Waals surface area contributed by atoms with Gasteiger partial charge in [0, 0.05) is 31.4 Å². The second kappa shape index (κ2) is 6.49. The van der Waals surface area contributed by atoms with E-state index in [1.54, 1.807) is 18.5 Å². The van der Waals surface area contributed by atoms with E-state index in [0.29, 0.717) is 29.9 Å². The molecule has 0 bridgehead atoms. The molecule has 4 heterocycles. The first-order chi connectivity index (χ1) is 12.9. The van der Waals surface area contributed by atoms with Crippen molar-refractivity contribution in [1.82, 2.24) is 34.8 Å². The number of carbonyl (C=O) groups excluding carboxylic acids is 1. The number of pyridine rings is 1. The number of imidazole rings is 1. The van der Waals surface area contributed by atoms with Crippen molar-refractivity contribution in [3.05, 3.63) is 54.1 Å². The number of aromatic nitrogens is 6. The average molecular weight is 377 g/mol. The van der Waals surface area contributed by atoms with Gasteiger partial charge in [-0.3, -0.25) is 9.78 Å². The van der Waals surface area contributed by atoms with Crippen LogP contribution in [-0.2, 0) is 19.1 Å². The first-order valence-electron chi connectivity index (χ1n) is 8.16. The number of amides is 1. The fourth-order valence-electron chi connectivity index (χ4n) is 2.99. The zero-order valence-corrected chi connectivity index (χ0v) is 13.9. The highest BCUT2D eigenvalue weighted by molar-refractivity contribution is 5.94. The Morgan fingerprint density at radius 2 is 2.15 bits per heavy atom. The highest BCUT2D eigenvalue weighted by Crippen LogP contribution is 2.29. The fourth-order valence-corrected chi connectivity index (χ4v) is 2.99. The second-order valence-corrected chi connectivity index (χ2v) is 6.18. The van der Waals surface area contributed by atoms with E-state index >= 15 is 0 Å². The molecule has 1 atom stereocenters. The first kappa shape index (κ1) is 17.2. The van der Waals surface area contributed by atoms with Crippen LogP contribution in [0.3, 0.4) is 0 Å². The molecule has 0 saturated heterocycles. The van der Waals surface area contributed by atoms with Gasteiger partial charge >= 0.3 is 6.18 Å². The van der Waals surface area contributed by atoms with Crippen molar-refractivity contribution in [3.8, 4) is 5.69 Å². The number of carbonyl (C=O) groups is 1. The van der Waals surface area contributed by atoms with E-state index < -0.39 is 11.9 Å². The summed E-state index contributed by atoms with van der Waals surface area (Å²) in [7, 11) is 0. The van der Waals surface area contributed by atoms with Crippen LogP contribution in [0.2, 0.25) is 0 Å². The monoisotopic (exact) mass is 377 g/mol. The van der Waals surface area contributed by atoms with Gasteiger partial charge in [0.05, 0.1) is 29.8 Å². The van der Waals surface area contributed by atoms with E-state index in [-0.39, 0.29) is 18.5 Å². The molecular formula is C16H14F3N7O. The Morgan fingerprint density at radius 1 is 1.30 bits per heavy atom. The van der Waals surface area contributed by atoms with Gasteiger partial charge in [0.25, 0.3) is 5.91 Å². The summed E-state index contributed by atoms with van der Waals surface area (Å²) in [4.78, 5) is 20.2. The Bertz CT molecular complexity index is 965. The van der Waals surface area contributed by atoms with Gasteiger partial charge < -0.3 is 9.88 Å². The summed E-state index contributed by atoms with van der Waals surface area (Å²) in [6.07, 6.45) is 3.47. The molecular weight excluding hydrogens is 363 g/mol. The van der Waals surface area contributed by atoms with Crippen LogP contribution in [0.5, 0.6) is 0 Å². The van der Waals surface area contributed by atoms with Crippen molar-refractivity contribution < 1.29 is 18.0 Å². The van der Waals surface area contributed by atoms with Gasteiger partial charge in [-0.15, -0.1) is 5.10 Å². The minimum absolute atomic E-state index is 0.236. The minimum Gasteiger partial charge on any atom is -0.347 e. The fraction of sp³-hybridized carbons (Fsp3) is 0.312. The summed E-state index contributed by atoms with van der Waals surface area (Å²) in [5.41, 5.74) is 0.000118. The standard InChI is InChI=1S/C16H14F3N7O/c17-16(18,19)13-9-25-8-11(1-2-14(25)23-13)22-15(27)10-5-12(7-20-6-10)26-4-3-21-24-26/h3-7,9,11H,1-2,8H2,(H,22,27). The van der Waals surface area contributed by atoms with Crippen LogP contribution < -0.4 is 5.32 Å². The maximum atomic E-state index is 12.8. The predicted molar refractivity (Wildman–Crippen MR) is 86.0 cm³/mol. The SMILES string of the molecule is O=C(NC1CCc2nc(C(F)(F)F)cn2C1)c1cncc(-n2ccnn2)c1. The molecule has 11 heteroatoms. The van der Waals surface area contributed by atoms with Crippen LogP contribution in [0.25, 0.3) is 5.69 Å². The Balaban J connectivity index is 1.46. The minimum atomic E-state index is -4.48. The summed E-state index contributed by atoms with van der Waals surface area (Å²) in [6, 6.07) is 1.32. The highest BCUT2D eigenvalue weighted by Gasteiger charge is 2.35. The van der Waals surface area contributed by atoms with Crippen LogP contribution in [0.15, 0.2) is 37.1 Å². The van der Waals surface area contributed by atoms with Crippen molar-refractivity contribution in [3.63, 3.8) is 0 Å². The molecule has 1 amide bonds. The maximum Gasteiger partial charge on any atom is 0.434 e. The Kier molecular flexibility index (Phi) is 4.13. The van der Waals surface area contributed by atoms with Crippen molar-refractivity contribution >= 4 is 5.91 Å². The smallest absolute Gasteiger partial charge is 0.347 e. The van der Waals surface area contributed by atoms with Gasteiger partial charge in [-0.2, -0.15) is 13.2 Å². The van der Waals surface area contributed by atoms with Crippen molar-refractivity contribution in [2.45, 2.75) is 31.6 Å². The molecule has 0 aromatic carbocycles.